The van der Waals surface area contributed by atoms with Crippen LogP contribution in [0.2, 0.25) is 0 Å². The molecule has 6 nitrogen and oxygen atoms in total. The first-order valence-corrected chi connectivity index (χ1v) is 7.26. The van der Waals surface area contributed by atoms with Crippen LogP contribution in [0.1, 0.15) is 26.2 Å². The van der Waals surface area contributed by atoms with Gasteiger partial charge in [-0.25, -0.2) is 4.98 Å². The van der Waals surface area contributed by atoms with Crippen LogP contribution in [0.5, 0.6) is 0 Å². The molecule has 0 saturated carbocycles. The van der Waals surface area contributed by atoms with E-state index in [1.54, 1.807) is 6.20 Å². The Balaban J connectivity index is 1.89. The van der Waals surface area contributed by atoms with E-state index < -0.39 is 0 Å². The topological polar surface area (TPSA) is 61.4 Å². The van der Waals surface area contributed by atoms with E-state index in [2.05, 4.69) is 15.3 Å². The second-order valence-corrected chi connectivity index (χ2v) is 5.03. The second kappa shape index (κ2) is 7.07. The summed E-state index contributed by atoms with van der Waals surface area (Å²) in [5.74, 6) is 1.79. The maximum Gasteiger partial charge on any atom is 0.227 e. The summed E-state index contributed by atoms with van der Waals surface area (Å²) in [7, 11) is 1.96. The highest BCUT2D eigenvalue weighted by Gasteiger charge is 2.18. The number of carbonyl (C=O) groups excluding carboxylic acids is 1. The first-order chi connectivity index (χ1) is 9.70. The maximum atomic E-state index is 11.7. The van der Waals surface area contributed by atoms with Crippen LogP contribution in [0.15, 0.2) is 12.3 Å². The summed E-state index contributed by atoms with van der Waals surface area (Å²) in [6.45, 7) is 5.24. The van der Waals surface area contributed by atoms with Crippen LogP contribution in [0, 0.1) is 0 Å². The first-order valence-electron chi connectivity index (χ1n) is 7.26. The number of nitrogens with one attached hydrogen (secondary N) is 1. The van der Waals surface area contributed by atoms with Crippen molar-refractivity contribution in [3.63, 3.8) is 0 Å². The molecule has 0 spiro atoms. The number of hydrogen-bond donors (Lipinski definition) is 1. The minimum atomic E-state index is 0.270. The summed E-state index contributed by atoms with van der Waals surface area (Å²) in [6, 6.07) is 1.86. The van der Waals surface area contributed by atoms with E-state index in [4.69, 9.17) is 0 Å². The van der Waals surface area contributed by atoms with E-state index in [0.29, 0.717) is 12.4 Å². The van der Waals surface area contributed by atoms with Gasteiger partial charge in [0, 0.05) is 45.8 Å². The van der Waals surface area contributed by atoms with Gasteiger partial charge in [0.05, 0.1) is 0 Å². The van der Waals surface area contributed by atoms with Crippen LogP contribution < -0.4 is 10.2 Å². The van der Waals surface area contributed by atoms with Crippen molar-refractivity contribution in [3.8, 4) is 0 Å². The molecule has 1 amide bonds. The molecule has 1 aromatic rings. The van der Waals surface area contributed by atoms with Crippen LogP contribution in [-0.2, 0) is 4.79 Å². The minimum Gasteiger partial charge on any atom is -0.370 e. The van der Waals surface area contributed by atoms with Gasteiger partial charge in [-0.2, -0.15) is 4.98 Å². The molecule has 6 heteroatoms. The van der Waals surface area contributed by atoms with E-state index in [0.717, 1.165) is 44.8 Å². The third-order valence-corrected chi connectivity index (χ3v) is 3.47. The fourth-order valence-corrected chi connectivity index (χ4v) is 2.28. The fourth-order valence-electron chi connectivity index (χ4n) is 2.28. The van der Waals surface area contributed by atoms with Crippen LogP contribution >= 0.6 is 0 Å². The molecule has 1 aromatic heterocycles. The van der Waals surface area contributed by atoms with Crippen LogP contribution in [0.25, 0.3) is 0 Å². The van der Waals surface area contributed by atoms with Crippen LogP contribution in [0.4, 0.5) is 11.8 Å². The Kier molecular flexibility index (Phi) is 5.15. The quantitative estimate of drug-likeness (QED) is 0.850. The molecule has 0 unspecified atom stereocenters. The Morgan fingerprint density at radius 3 is 3.05 bits per heavy atom. The van der Waals surface area contributed by atoms with Crippen LogP contribution in [-0.4, -0.2) is 54.0 Å². The molecule has 20 heavy (non-hydrogen) atoms. The molecule has 0 radical (unpaired) electrons. The van der Waals surface area contributed by atoms with E-state index in [1.165, 1.54) is 0 Å². The minimum absolute atomic E-state index is 0.270. The van der Waals surface area contributed by atoms with Gasteiger partial charge in [0.2, 0.25) is 11.9 Å². The molecule has 1 N–H and O–H groups in total. The smallest absolute Gasteiger partial charge is 0.227 e. The van der Waals surface area contributed by atoms with E-state index in [1.807, 2.05) is 29.8 Å². The Labute approximate surface area is 120 Å². The van der Waals surface area contributed by atoms with Gasteiger partial charge >= 0.3 is 0 Å². The number of carbonyl (C=O) groups is 1. The molecule has 2 heterocycles. The Hall–Kier alpha value is -1.85. The van der Waals surface area contributed by atoms with Crippen molar-refractivity contribution in [3.05, 3.63) is 12.3 Å². The van der Waals surface area contributed by atoms with Crippen molar-refractivity contribution >= 4 is 17.7 Å². The predicted octanol–water partition coefficient (Wildman–Crippen LogP) is 1.36. The summed E-state index contributed by atoms with van der Waals surface area (Å²) in [4.78, 5) is 24.4. The summed E-state index contributed by atoms with van der Waals surface area (Å²) in [6.07, 6.45) is 4.58. The van der Waals surface area contributed by atoms with Gasteiger partial charge in [-0.15, -0.1) is 0 Å². The lowest BCUT2D eigenvalue weighted by molar-refractivity contribution is -0.133. The van der Waals surface area contributed by atoms with Gasteiger partial charge in [-0.3, -0.25) is 4.79 Å². The van der Waals surface area contributed by atoms with Gasteiger partial charge in [0.15, 0.2) is 0 Å². The molecule has 0 aliphatic carbocycles. The Bertz CT molecular complexity index is 451. The largest absolute Gasteiger partial charge is 0.370 e. The van der Waals surface area contributed by atoms with Gasteiger partial charge in [-0.05, 0) is 25.8 Å². The molecule has 110 valence electrons. The average molecular weight is 277 g/mol. The summed E-state index contributed by atoms with van der Waals surface area (Å²) >= 11 is 0. The van der Waals surface area contributed by atoms with Crippen molar-refractivity contribution in [2.75, 3.05) is 43.4 Å². The molecule has 2 rings (SSSR count). The van der Waals surface area contributed by atoms with Gasteiger partial charge in [-0.1, -0.05) is 0 Å². The highest BCUT2D eigenvalue weighted by atomic mass is 16.2. The fraction of sp³-hybridized carbons (Fsp3) is 0.643. The highest BCUT2D eigenvalue weighted by molar-refractivity contribution is 5.76. The zero-order valence-electron chi connectivity index (χ0n) is 12.3. The average Bonchev–Trinajstić information content (AvgIpc) is 2.47. The van der Waals surface area contributed by atoms with E-state index in [-0.39, 0.29) is 5.91 Å². The summed E-state index contributed by atoms with van der Waals surface area (Å²) < 4.78 is 0. The molecule has 0 bridgehead atoms. The Morgan fingerprint density at radius 1 is 1.45 bits per heavy atom. The number of piperidine rings is 1. The number of nitrogens with zero attached hydrogens (tertiary/aromatic N) is 4. The lowest BCUT2D eigenvalue weighted by Gasteiger charge is -2.28. The molecule has 0 aromatic carbocycles. The van der Waals surface area contributed by atoms with Crippen molar-refractivity contribution in [1.29, 1.82) is 0 Å². The number of likely N-dealkylation sites (N-methyl/N-ethyl adjacent to an activating group) is 1. The number of likely N-dealkylation sites (tertiary alicyclic amines) is 1. The van der Waals surface area contributed by atoms with Gasteiger partial charge < -0.3 is 15.1 Å². The van der Waals surface area contributed by atoms with Gasteiger partial charge in [0.25, 0.3) is 0 Å². The number of anilines is 2. The second-order valence-electron chi connectivity index (χ2n) is 5.03. The highest BCUT2D eigenvalue weighted by Crippen LogP contribution is 2.12. The zero-order chi connectivity index (χ0) is 14.4. The van der Waals surface area contributed by atoms with Gasteiger partial charge in [0.1, 0.15) is 5.82 Å². The molecule has 0 atom stereocenters. The summed E-state index contributed by atoms with van der Waals surface area (Å²) in [5.41, 5.74) is 0. The standard InChI is InChI=1S/C14H23N5O/c1-3-15-12-7-8-16-14(17-12)18(2)10-11-19-9-5-4-6-13(19)20/h7-8H,3-6,9-11H2,1-2H3,(H,15,16,17). The van der Waals surface area contributed by atoms with E-state index in [9.17, 15) is 4.79 Å². The molecule has 1 aliphatic rings. The third kappa shape index (κ3) is 3.82. The SMILES string of the molecule is CCNc1ccnc(N(C)CCN2CCCCC2=O)n1. The predicted molar refractivity (Wildman–Crippen MR) is 79.9 cm³/mol. The molecule has 1 fully saturated rings. The molecule has 1 saturated heterocycles. The van der Waals surface area contributed by atoms with Crippen molar-refractivity contribution in [2.24, 2.45) is 0 Å². The maximum absolute atomic E-state index is 11.7. The van der Waals surface area contributed by atoms with Crippen LogP contribution in [0.3, 0.4) is 0 Å². The molecular weight excluding hydrogens is 254 g/mol. The molecule has 1 aliphatic heterocycles. The normalized spacial score (nSPS) is 15.3. The lowest BCUT2D eigenvalue weighted by atomic mass is 10.1. The number of rotatable bonds is 6. The first kappa shape index (κ1) is 14.6. The van der Waals surface area contributed by atoms with Crippen molar-refractivity contribution < 1.29 is 4.79 Å². The summed E-state index contributed by atoms with van der Waals surface area (Å²) in [5, 5.41) is 3.17. The lowest BCUT2D eigenvalue weighted by Crippen LogP contribution is -2.40. The number of amides is 1. The number of hydrogen-bond acceptors (Lipinski definition) is 5. The monoisotopic (exact) mass is 277 g/mol. The number of aromatic nitrogens is 2. The van der Waals surface area contributed by atoms with E-state index >= 15 is 0 Å². The third-order valence-electron chi connectivity index (χ3n) is 3.47. The van der Waals surface area contributed by atoms with Crippen molar-refractivity contribution in [2.45, 2.75) is 26.2 Å². The van der Waals surface area contributed by atoms with Crippen molar-refractivity contribution in [1.82, 2.24) is 14.9 Å². The Morgan fingerprint density at radius 2 is 2.30 bits per heavy atom. The molecular formula is C14H23N5O. The zero-order valence-corrected chi connectivity index (χ0v) is 12.3.